The lowest BCUT2D eigenvalue weighted by Gasteiger charge is -2.44. The molecule has 2 aliphatic heterocycles. The van der Waals surface area contributed by atoms with E-state index in [1.807, 2.05) is 18.2 Å². The van der Waals surface area contributed by atoms with Gasteiger partial charge in [0.2, 0.25) is 0 Å². The van der Waals surface area contributed by atoms with Gasteiger partial charge in [-0.25, -0.2) is 0 Å². The fourth-order valence-corrected chi connectivity index (χ4v) is 4.26. The van der Waals surface area contributed by atoms with Crippen LogP contribution in [0.5, 0.6) is 11.5 Å². The third kappa shape index (κ3) is 3.77. The summed E-state index contributed by atoms with van der Waals surface area (Å²) < 4.78 is 11.5. The summed E-state index contributed by atoms with van der Waals surface area (Å²) in [5.41, 5.74) is 7.99. The number of fused-ring (bicyclic) bond motifs is 1. The Morgan fingerprint density at radius 3 is 2.62 bits per heavy atom. The molecule has 4 rings (SSSR count). The summed E-state index contributed by atoms with van der Waals surface area (Å²) in [6.45, 7) is 5.01. The first-order chi connectivity index (χ1) is 15.3. The van der Waals surface area contributed by atoms with Gasteiger partial charge < -0.3 is 30.8 Å². The number of hydrogen-bond acceptors (Lipinski definition) is 6. The molecule has 2 heterocycles. The van der Waals surface area contributed by atoms with Gasteiger partial charge in [0.05, 0.1) is 18.2 Å². The van der Waals surface area contributed by atoms with Crippen molar-refractivity contribution in [2.75, 3.05) is 25.9 Å². The summed E-state index contributed by atoms with van der Waals surface area (Å²) in [6.07, 6.45) is 2.06. The van der Waals surface area contributed by atoms with Crippen LogP contribution in [0.25, 0.3) is 0 Å². The minimum atomic E-state index is -0.818. The monoisotopic (exact) mass is 436 g/mol. The molecule has 0 aromatic heterocycles. The molecule has 0 bridgehead atoms. The Hall–Kier alpha value is -3.55. The molecule has 8 heteroatoms. The largest absolute Gasteiger partial charge is 0.496 e. The van der Waals surface area contributed by atoms with Gasteiger partial charge in [-0.05, 0) is 35.7 Å². The Morgan fingerprint density at radius 2 is 2.00 bits per heavy atom. The molecule has 0 unspecified atom stereocenters. The zero-order chi connectivity index (χ0) is 23.0. The Bertz CT molecular complexity index is 1090. The van der Waals surface area contributed by atoms with Crippen molar-refractivity contribution < 1.29 is 19.1 Å². The van der Waals surface area contributed by atoms with E-state index in [1.165, 1.54) is 7.11 Å². The molecule has 1 spiro atoms. The van der Waals surface area contributed by atoms with E-state index in [0.717, 1.165) is 11.8 Å². The Kier molecular flexibility index (Phi) is 5.54. The summed E-state index contributed by atoms with van der Waals surface area (Å²) in [5.74, 6) is 0.965. The molecule has 4 N–H and O–H groups in total. The van der Waals surface area contributed by atoms with E-state index in [4.69, 9.17) is 20.6 Å². The van der Waals surface area contributed by atoms with E-state index >= 15 is 0 Å². The maximum Gasteiger partial charge on any atom is 0.258 e. The first-order valence-electron chi connectivity index (χ1n) is 10.7. The summed E-state index contributed by atoms with van der Waals surface area (Å²) in [4.78, 5) is 27.6. The van der Waals surface area contributed by atoms with Gasteiger partial charge in [0.15, 0.2) is 5.72 Å². The number of methoxy groups -OCH3 is 1. The minimum Gasteiger partial charge on any atom is -0.496 e. The van der Waals surface area contributed by atoms with Crippen molar-refractivity contribution in [2.45, 2.75) is 38.3 Å². The Morgan fingerprint density at radius 1 is 1.28 bits per heavy atom. The molecule has 2 aliphatic rings. The number of likely N-dealkylation sites (tertiary alicyclic amines) is 1. The van der Waals surface area contributed by atoms with Gasteiger partial charge in [0.1, 0.15) is 11.5 Å². The van der Waals surface area contributed by atoms with Crippen LogP contribution in [0.1, 0.15) is 64.4 Å². The molecular weight excluding hydrogens is 408 g/mol. The number of nitrogens with zero attached hydrogens (tertiary/aromatic N) is 1. The van der Waals surface area contributed by atoms with E-state index in [-0.39, 0.29) is 11.8 Å². The molecule has 2 aromatic carbocycles. The second kappa shape index (κ2) is 8.18. The number of piperidine rings is 1. The first kappa shape index (κ1) is 21.7. The highest BCUT2D eigenvalue weighted by Crippen LogP contribution is 2.35. The van der Waals surface area contributed by atoms with Crippen LogP contribution < -0.4 is 20.5 Å². The van der Waals surface area contributed by atoms with Gasteiger partial charge in [-0.3, -0.25) is 9.59 Å². The number of carbonyl (C=O) groups excluding carboxylic acids is 2. The second-order valence-electron chi connectivity index (χ2n) is 8.58. The molecule has 0 aliphatic carbocycles. The zero-order valence-corrected chi connectivity index (χ0v) is 18.5. The number of nitrogens with one attached hydrogen (secondary N) is 2. The average Bonchev–Trinajstić information content (AvgIpc) is 2.78. The molecule has 0 saturated carbocycles. The van der Waals surface area contributed by atoms with E-state index in [0.29, 0.717) is 65.7 Å². The van der Waals surface area contributed by atoms with Crippen LogP contribution in [0.2, 0.25) is 0 Å². The van der Waals surface area contributed by atoms with Crippen LogP contribution in [-0.4, -0.2) is 48.9 Å². The van der Waals surface area contributed by atoms with Gasteiger partial charge in [-0.1, -0.05) is 19.9 Å². The molecule has 0 radical (unpaired) electrons. The SMILES string of the molecule is COc1cc(C(=O)N2CCC3(CC2)NC(=O)c2cc(C(C)C)ccc2O3)cc(N)c1C=N. The predicted molar refractivity (Wildman–Crippen MR) is 122 cm³/mol. The fraction of sp³-hybridized carbons (Fsp3) is 0.375. The molecule has 1 saturated heterocycles. The quantitative estimate of drug-likeness (QED) is 0.503. The fourth-order valence-electron chi connectivity index (χ4n) is 4.26. The minimum absolute atomic E-state index is 0.145. The maximum atomic E-state index is 13.1. The number of nitrogens with two attached hydrogens (primary N) is 1. The molecule has 2 amide bonds. The normalized spacial score (nSPS) is 16.9. The maximum absolute atomic E-state index is 13.1. The summed E-state index contributed by atoms with van der Waals surface area (Å²) in [7, 11) is 1.48. The van der Waals surface area contributed by atoms with E-state index in [2.05, 4.69) is 19.2 Å². The molecule has 0 atom stereocenters. The summed E-state index contributed by atoms with van der Waals surface area (Å²) in [6, 6.07) is 8.91. The topological polar surface area (TPSA) is 118 Å². The van der Waals surface area contributed by atoms with Crippen molar-refractivity contribution in [1.29, 1.82) is 5.41 Å². The lowest BCUT2D eigenvalue weighted by molar-refractivity contribution is -0.0245. The third-order valence-electron chi connectivity index (χ3n) is 6.21. The predicted octanol–water partition coefficient (Wildman–Crippen LogP) is 3.15. The van der Waals surface area contributed by atoms with Gasteiger partial charge in [-0.15, -0.1) is 0 Å². The molecule has 1 fully saturated rings. The second-order valence-corrected chi connectivity index (χ2v) is 8.58. The number of nitrogen functional groups attached to an aromatic ring is 1. The van der Waals surface area contributed by atoms with Gasteiger partial charge in [-0.2, -0.15) is 0 Å². The van der Waals surface area contributed by atoms with Crippen LogP contribution >= 0.6 is 0 Å². The third-order valence-corrected chi connectivity index (χ3v) is 6.21. The highest BCUT2D eigenvalue weighted by Gasteiger charge is 2.43. The number of amides is 2. The number of rotatable bonds is 4. The van der Waals surface area contributed by atoms with Gasteiger partial charge in [0.25, 0.3) is 11.8 Å². The van der Waals surface area contributed by atoms with E-state index in [1.54, 1.807) is 17.0 Å². The molecule has 168 valence electrons. The van der Waals surface area contributed by atoms with Gasteiger partial charge >= 0.3 is 0 Å². The van der Waals surface area contributed by atoms with Crippen molar-refractivity contribution in [3.8, 4) is 11.5 Å². The lowest BCUT2D eigenvalue weighted by Crippen LogP contribution is -2.61. The molecule has 32 heavy (non-hydrogen) atoms. The van der Waals surface area contributed by atoms with E-state index in [9.17, 15) is 9.59 Å². The van der Waals surface area contributed by atoms with Crippen LogP contribution in [0, 0.1) is 5.41 Å². The number of carbonyl (C=O) groups is 2. The number of anilines is 1. The van der Waals surface area contributed by atoms with Crippen molar-refractivity contribution >= 4 is 23.7 Å². The van der Waals surface area contributed by atoms with Crippen LogP contribution in [0.3, 0.4) is 0 Å². The van der Waals surface area contributed by atoms with Gasteiger partial charge in [0, 0.05) is 43.4 Å². The summed E-state index contributed by atoms with van der Waals surface area (Å²) in [5, 5.41) is 10.5. The average molecular weight is 437 g/mol. The van der Waals surface area contributed by atoms with Crippen molar-refractivity contribution in [3.05, 3.63) is 52.6 Å². The van der Waals surface area contributed by atoms with Crippen LogP contribution in [0.4, 0.5) is 5.69 Å². The molecule has 8 nitrogen and oxygen atoms in total. The smallest absolute Gasteiger partial charge is 0.258 e. The zero-order valence-electron chi connectivity index (χ0n) is 18.5. The Labute approximate surface area is 187 Å². The molecular formula is C24H28N4O4. The Balaban J connectivity index is 1.50. The number of hydrogen-bond donors (Lipinski definition) is 3. The standard InChI is InChI=1S/C24H28N4O4/c1-14(2)15-4-5-20-17(10-15)22(29)27-24(32-20)6-8-28(9-7-24)23(30)16-11-19(26)18(13-25)21(12-16)31-3/h4-5,10-14,25H,6-9,26H2,1-3H3,(H,27,29). The van der Waals surface area contributed by atoms with Crippen LogP contribution in [0.15, 0.2) is 30.3 Å². The number of ether oxygens (including phenoxy) is 2. The number of benzene rings is 2. The lowest BCUT2D eigenvalue weighted by atomic mass is 9.94. The summed E-state index contributed by atoms with van der Waals surface area (Å²) >= 11 is 0. The van der Waals surface area contributed by atoms with Crippen LogP contribution in [-0.2, 0) is 0 Å². The van der Waals surface area contributed by atoms with Crippen molar-refractivity contribution in [1.82, 2.24) is 10.2 Å². The highest BCUT2D eigenvalue weighted by molar-refractivity contribution is 6.00. The molecule has 2 aromatic rings. The van der Waals surface area contributed by atoms with Crippen molar-refractivity contribution in [3.63, 3.8) is 0 Å². The van der Waals surface area contributed by atoms with Crippen molar-refractivity contribution in [2.24, 2.45) is 0 Å². The van der Waals surface area contributed by atoms with E-state index < -0.39 is 5.72 Å². The first-order valence-corrected chi connectivity index (χ1v) is 10.7. The highest BCUT2D eigenvalue weighted by atomic mass is 16.5.